The summed E-state index contributed by atoms with van der Waals surface area (Å²) in [5, 5.41) is 10.7. The highest BCUT2D eigenvalue weighted by atomic mass is 16.7. The lowest BCUT2D eigenvalue weighted by atomic mass is 9.98. The normalized spacial score (nSPS) is 35.4. The van der Waals surface area contributed by atoms with E-state index in [4.69, 9.17) is 9.47 Å². The molecule has 142 valence electrons. The molecule has 4 unspecified atom stereocenters. The predicted molar refractivity (Wildman–Crippen MR) is 98.1 cm³/mol. The number of aliphatic hydroxyl groups excluding tert-OH is 1. The molecule has 1 heterocycles. The second-order valence-corrected chi connectivity index (χ2v) is 8.09. The average Bonchev–Trinajstić information content (AvgIpc) is 2.52. The zero-order valence-corrected chi connectivity index (χ0v) is 16.1. The van der Waals surface area contributed by atoms with Crippen LogP contribution in [0.5, 0.6) is 0 Å². The van der Waals surface area contributed by atoms with Crippen molar-refractivity contribution in [3.05, 3.63) is 0 Å². The van der Waals surface area contributed by atoms with Crippen LogP contribution in [-0.2, 0) is 9.47 Å². The molecule has 2 rings (SSSR count). The Hall–Kier alpha value is -0.160. The van der Waals surface area contributed by atoms with Crippen molar-refractivity contribution >= 4 is 0 Å². The van der Waals surface area contributed by atoms with E-state index in [0.29, 0.717) is 0 Å². The Bertz CT molecular complexity index is 325. The maximum Gasteiger partial charge on any atom is 0.185 e. The van der Waals surface area contributed by atoms with E-state index in [9.17, 15) is 5.11 Å². The molecule has 1 aliphatic carbocycles. The monoisotopic (exact) mass is 341 g/mol. The molecule has 0 bridgehead atoms. The Morgan fingerprint density at radius 1 is 0.875 bits per heavy atom. The number of hydrogen-bond acceptors (Lipinski definition) is 4. The highest BCUT2D eigenvalue weighted by Gasteiger charge is 2.38. The van der Waals surface area contributed by atoms with E-state index in [1.54, 1.807) is 0 Å². The van der Waals surface area contributed by atoms with Crippen LogP contribution in [0.25, 0.3) is 0 Å². The van der Waals surface area contributed by atoms with Gasteiger partial charge in [-0.2, -0.15) is 0 Å². The second kappa shape index (κ2) is 10.7. The fourth-order valence-corrected chi connectivity index (χ4v) is 4.11. The first-order valence-corrected chi connectivity index (χ1v) is 10.2. The van der Waals surface area contributed by atoms with Gasteiger partial charge in [0.05, 0.1) is 12.2 Å². The molecule has 4 nitrogen and oxygen atoms in total. The molecule has 24 heavy (non-hydrogen) atoms. The van der Waals surface area contributed by atoms with E-state index in [0.717, 1.165) is 19.3 Å². The van der Waals surface area contributed by atoms with Crippen LogP contribution in [0.2, 0.25) is 0 Å². The van der Waals surface area contributed by atoms with E-state index in [1.807, 2.05) is 14.1 Å². The van der Waals surface area contributed by atoms with Crippen LogP contribution in [0.3, 0.4) is 0 Å². The number of nitrogens with zero attached hydrogens (tertiary/aromatic N) is 1. The van der Waals surface area contributed by atoms with Gasteiger partial charge < -0.3 is 19.5 Å². The lowest BCUT2D eigenvalue weighted by Crippen LogP contribution is -2.54. The maximum absolute atomic E-state index is 10.7. The highest BCUT2D eigenvalue weighted by molar-refractivity contribution is 4.85. The number of aliphatic hydroxyl groups is 1. The summed E-state index contributed by atoms with van der Waals surface area (Å²) in [6.45, 7) is 2.08. The van der Waals surface area contributed by atoms with E-state index in [-0.39, 0.29) is 18.2 Å². The zero-order valence-electron chi connectivity index (χ0n) is 16.1. The van der Waals surface area contributed by atoms with Gasteiger partial charge in [-0.25, -0.2) is 0 Å². The van der Waals surface area contributed by atoms with Gasteiger partial charge in [0, 0.05) is 6.04 Å². The van der Waals surface area contributed by atoms with Gasteiger partial charge in [0.2, 0.25) is 0 Å². The van der Waals surface area contributed by atoms with E-state index < -0.39 is 12.4 Å². The SMILES string of the molecule is CC1CC(N(C)C)C(O)C(OC2CCCCCCCCCCC2)O1. The molecule has 0 spiro atoms. The van der Waals surface area contributed by atoms with E-state index >= 15 is 0 Å². The molecule has 0 aromatic rings. The van der Waals surface area contributed by atoms with Crippen LogP contribution in [-0.4, -0.2) is 54.7 Å². The first-order valence-electron chi connectivity index (χ1n) is 10.2. The van der Waals surface area contributed by atoms with Gasteiger partial charge in [-0.3, -0.25) is 0 Å². The maximum atomic E-state index is 10.7. The van der Waals surface area contributed by atoms with Crippen LogP contribution in [0.15, 0.2) is 0 Å². The first-order chi connectivity index (χ1) is 11.6. The molecule has 1 saturated carbocycles. The molecule has 4 atom stereocenters. The Morgan fingerprint density at radius 2 is 1.38 bits per heavy atom. The fraction of sp³-hybridized carbons (Fsp3) is 1.00. The molecule has 1 aliphatic heterocycles. The smallest absolute Gasteiger partial charge is 0.185 e. The summed E-state index contributed by atoms with van der Waals surface area (Å²) in [6, 6.07) is 0.116. The minimum Gasteiger partial charge on any atom is -0.386 e. The van der Waals surface area contributed by atoms with Gasteiger partial charge in [0.25, 0.3) is 0 Å². The largest absolute Gasteiger partial charge is 0.386 e. The van der Waals surface area contributed by atoms with Crippen molar-refractivity contribution in [3.8, 4) is 0 Å². The molecule has 0 aromatic carbocycles. The van der Waals surface area contributed by atoms with Crippen LogP contribution >= 0.6 is 0 Å². The minimum absolute atomic E-state index is 0.116. The van der Waals surface area contributed by atoms with Crippen molar-refractivity contribution in [1.82, 2.24) is 4.90 Å². The summed E-state index contributed by atoms with van der Waals surface area (Å²) < 4.78 is 12.3. The van der Waals surface area contributed by atoms with Crippen LogP contribution in [0.4, 0.5) is 0 Å². The van der Waals surface area contributed by atoms with Gasteiger partial charge in [0.1, 0.15) is 6.10 Å². The fourth-order valence-electron chi connectivity index (χ4n) is 4.11. The molecule has 0 aromatic heterocycles. The van der Waals surface area contributed by atoms with Crippen molar-refractivity contribution in [2.45, 2.75) is 115 Å². The van der Waals surface area contributed by atoms with Crippen LogP contribution < -0.4 is 0 Å². The van der Waals surface area contributed by atoms with Crippen molar-refractivity contribution in [1.29, 1.82) is 0 Å². The molecule has 0 radical (unpaired) electrons. The lowest BCUT2D eigenvalue weighted by Gasteiger charge is -2.42. The Labute approximate surface area is 148 Å². The van der Waals surface area contributed by atoms with E-state index in [1.165, 1.54) is 57.8 Å². The molecule has 1 saturated heterocycles. The molecular weight excluding hydrogens is 302 g/mol. The summed E-state index contributed by atoms with van der Waals surface area (Å²) in [6.07, 6.45) is 14.4. The number of ether oxygens (including phenoxy) is 2. The minimum atomic E-state index is -0.558. The summed E-state index contributed by atoms with van der Waals surface area (Å²) >= 11 is 0. The molecule has 2 fully saturated rings. The Kier molecular flexibility index (Phi) is 9.02. The zero-order chi connectivity index (χ0) is 17.4. The number of likely N-dealkylation sites (N-methyl/N-ethyl adjacent to an activating group) is 1. The van der Waals surface area contributed by atoms with Gasteiger partial charge in [0.15, 0.2) is 6.29 Å². The molecule has 1 N–H and O–H groups in total. The molecular formula is C20H39NO3. The number of hydrogen-bond donors (Lipinski definition) is 1. The van der Waals surface area contributed by atoms with Crippen molar-refractivity contribution < 1.29 is 14.6 Å². The van der Waals surface area contributed by atoms with Gasteiger partial charge in [-0.05, 0) is 40.3 Å². The summed E-state index contributed by atoms with van der Waals surface area (Å²) in [7, 11) is 4.05. The third kappa shape index (κ3) is 6.62. The average molecular weight is 342 g/mol. The quantitative estimate of drug-likeness (QED) is 0.839. The summed E-state index contributed by atoms with van der Waals surface area (Å²) in [4.78, 5) is 2.10. The van der Waals surface area contributed by atoms with Gasteiger partial charge in [-0.15, -0.1) is 0 Å². The lowest BCUT2D eigenvalue weighted by molar-refractivity contribution is -0.269. The molecule has 2 aliphatic rings. The van der Waals surface area contributed by atoms with Crippen molar-refractivity contribution in [3.63, 3.8) is 0 Å². The molecule has 4 heteroatoms. The summed E-state index contributed by atoms with van der Waals surface area (Å²) in [5.41, 5.74) is 0. The molecule has 0 amide bonds. The van der Waals surface area contributed by atoms with Gasteiger partial charge in [-0.1, -0.05) is 57.8 Å². The standard InChI is InChI=1S/C20H39NO3/c1-16-15-18(21(2)3)19(22)20(23-16)24-17-13-11-9-7-5-4-6-8-10-12-14-17/h16-20,22H,4-15H2,1-3H3. The van der Waals surface area contributed by atoms with E-state index in [2.05, 4.69) is 11.8 Å². The second-order valence-electron chi connectivity index (χ2n) is 8.09. The Morgan fingerprint density at radius 3 is 1.88 bits per heavy atom. The highest BCUT2D eigenvalue weighted by Crippen LogP contribution is 2.27. The third-order valence-electron chi connectivity index (χ3n) is 5.65. The summed E-state index contributed by atoms with van der Waals surface area (Å²) in [5.74, 6) is 0. The number of rotatable bonds is 3. The Balaban J connectivity index is 1.89. The van der Waals surface area contributed by atoms with Gasteiger partial charge >= 0.3 is 0 Å². The van der Waals surface area contributed by atoms with Crippen LogP contribution in [0, 0.1) is 0 Å². The van der Waals surface area contributed by atoms with Crippen molar-refractivity contribution in [2.75, 3.05) is 14.1 Å². The predicted octanol–water partition coefficient (Wildman–Crippen LogP) is 4.10. The van der Waals surface area contributed by atoms with Crippen molar-refractivity contribution in [2.24, 2.45) is 0 Å². The topological polar surface area (TPSA) is 41.9 Å². The first kappa shape index (κ1) is 20.2. The van der Waals surface area contributed by atoms with Crippen LogP contribution in [0.1, 0.15) is 84.0 Å². The third-order valence-corrected chi connectivity index (χ3v) is 5.65.